The number of fused-ring (bicyclic) bond motifs is 6. The number of benzene rings is 4. The maximum Gasteiger partial charge on any atom is 0.143 e. The van der Waals surface area contributed by atoms with Crippen LogP contribution in [0.5, 0.6) is 0 Å². The Kier molecular flexibility index (Phi) is 3.06. The van der Waals surface area contributed by atoms with Crippen molar-refractivity contribution >= 4 is 59.8 Å². The van der Waals surface area contributed by atoms with Crippen LogP contribution in [0.15, 0.2) is 92.2 Å². The van der Waals surface area contributed by atoms with Gasteiger partial charge in [0.2, 0.25) is 0 Å². The van der Waals surface area contributed by atoms with Gasteiger partial charge in [0.15, 0.2) is 0 Å². The molecule has 0 unspecified atom stereocenters. The van der Waals surface area contributed by atoms with Crippen molar-refractivity contribution in [2.24, 2.45) is 0 Å². The van der Waals surface area contributed by atoms with E-state index in [9.17, 15) is 0 Å². The highest BCUT2D eigenvalue weighted by atomic mass is 79.9. The van der Waals surface area contributed by atoms with Crippen LogP contribution in [0.4, 0.5) is 0 Å². The topological polar surface area (TPSA) is 26.3 Å². The average molecular weight is 413 g/mol. The summed E-state index contributed by atoms with van der Waals surface area (Å²) in [5.41, 5.74) is 5.72. The minimum absolute atomic E-state index is 0.887. The van der Waals surface area contributed by atoms with Crippen molar-refractivity contribution in [3.05, 3.63) is 83.3 Å². The third-order valence-electron chi connectivity index (χ3n) is 5.13. The lowest BCUT2D eigenvalue weighted by molar-refractivity contribution is 0.668. The molecule has 6 rings (SSSR count). The van der Waals surface area contributed by atoms with E-state index in [0.29, 0.717) is 0 Å². The molecule has 2 nitrogen and oxygen atoms in total. The Balaban J connectivity index is 1.68. The molecule has 4 aromatic carbocycles. The Morgan fingerprint density at radius 3 is 2.04 bits per heavy atom. The van der Waals surface area contributed by atoms with Gasteiger partial charge in [-0.05, 0) is 42.0 Å². The van der Waals surface area contributed by atoms with Gasteiger partial charge in [0.05, 0.1) is 0 Å². The van der Waals surface area contributed by atoms with Crippen molar-refractivity contribution in [1.82, 2.24) is 0 Å². The van der Waals surface area contributed by atoms with E-state index in [0.717, 1.165) is 59.5 Å². The molecule has 0 fully saturated rings. The second-order valence-electron chi connectivity index (χ2n) is 6.74. The molecular formula is C24H13BrO2. The highest BCUT2D eigenvalue weighted by Gasteiger charge is 2.15. The molecular weight excluding hydrogens is 400 g/mol. The van der Waals surface area contributed by atoms with Crippen LogP contribution in [0.3, 0.4) is 0 Å². The molecule has 2 aromatic heterocycles. The molecule has 27 heavy (non-hydrogen) atoms. The van der Waals surface area contributed by atoms with E-state index in [1.165, 1.54) is 0 Å². The molecule has 0 saturated heterocycles. The summed E-state index contributed by atoms with van der Waals surface area (Å²) >= 11 is 3.66. The molecule has 0 spiro atoms. The minimum Gasteiger partial charge on any atom is -0.456 e. The highest BCUT2D eigenvalue weighted by molar-refractivity contribution is 9.10. The number of hydrogen-bond acceptors (Lipinski definition) is 2. The summed E-state index contributed by atoms with van der Waals surface area (Å²) in [4.78, 5) is 0. The predicted molar refractivity (Wildman–Crippen MR) is 114 cm³/mol. The largest absolute Gasteiger partial charge is 0.456 e. The van der Waals surface area contributed by atoms with Crippen molar-refractivity contribution in [3.63, 3.8) is 0 Å². The third kappa shape index (κ3) is 2.18. The van der Waals surface area contributed by atoms with Gasteiger partial charge in [0, 0.05) is 31.6 Å². The Morgan fingerprint density at radius 1 is 0.556 bits per heavy atom. The Hall–Kier alpha value is -3.04. The fourth-order valence-corrected chi connectivity index (χ4v) is 4.36. The van der Waals surface area contributed by atoms with E-state index >= 15 is 0 Å². The van der Waals surface area contributed by atoms with E-state index in [-0.39, 0.29) is 0 Å². The summed E-state index contributed by atoms with van der Waals surface area (Å²) in [6, 6.07) is 26.9. The number of hydrogen-bond donors (Lipinski definition) is 0. The fourth-order valence-electron chi connectivity index (χ4n) is 3.90. The van der Waals surface area contributed by atoms with Crippen LogP contribution in [0.2, 0.25) is 0 Å². The molecule has 2 heterocycles. The molecule has 0 bridgehead atoms. The summed E-state index contributed by atoms with van der Waals surface area (Å²) in [5, 5.41) is 4.51. The summed E-state index contributed by atoms with van der Waals surface area (Å²) in [6.07, 6.45) is 0. The predicted octanol–water partition coefficient (Wildman–Crippen LogP) is 7.91. The monoisotopic (exact) mass is 412 g/mol. The lowest BCUT2D eigenvalue weighted by atomic mass is 10.0. The number of halogens is 1. The van der Waals surface area contributed by atoms with E-state index in [2.05, 4.69) is 58.4 Å². The van der Waals surface area contributed by atoms with Gasteiger partial charge in [-0.25, -0.2) is 0 Å². The van der Waals surface area contributed by atoms with Crippen LogP contribution in [0.1, 0.15) is 0 Å². The standard InChI is InChI=1S/C24H13BrO2/c25-15-12-19(24-20(13-15)17-6-2-4-8-22(17)27-24)14-9-10-18-16-5-1-3-7-21(16)26-23(18)11-14/h1-13H. The maximum atomic E-state index is 6.21. The quantitative estimate of drug-likeness (QED) is 0.274. The smallest absolute Gasteiger partial charge is 0.143 e. The van der Waals surface area contributed by atoms with Crippen LogP contribution in [0, 0.1) is 0 Å². The Labute approximate surface area is 163 Å². The molecule has 0 N–H and O–H groups in total. The second kappa shape index (κ2) is 5.48. The summed E-state index contributed by atoms with van der Waals surface area (Å²) in [5.74, 6) is 0. The van der Waals surface area contributed by atoms with Crippen molar-refractivity contribution in [2.75, 3.05) is 0 Å². The van der Waals surface area contributed by atoms with Crippen LogP contribution < -0.4 is 0 Å². The molecule has 0 aliphatic heterocycles. The zero-order valence-corrected chi connectivity index (χ0v) is 15.8. The summed E-state index contributed by atoms with van der Waals surface area (Å²) in [7, 11) is 0. The van der Waals surface area contributed by atoms with Gasteiger partial charge >= 0.3 is 0 Å². The van der Waals surface area contributed by atoms with E-state index in [4.69, 9.17) is 8.83 Å². The van der Waals surface area contributed by atoms with Gasteiger partial charge in [-0.2, -0.15) is 0 Å². The molecule has 0 amide bonds. The van der Waals surface area contributed by atoms with E-state index in [1.54, 1.807) is 0 Å². The molecule has 0 aliphatic rings. The number of rotatable bonds is 1. The Morgan fingerprint density at radius 2 is 1.22 bits per heavy atom. The Bertz CT molecular complexity index is 1490. The van der Waals surface area contributed by atoms with Gasteiger partial charge in [-0.3, -0.25) is 0 Å². The zero-order valence-electron chi connectivity index (χ0n) is 14.2. The average Bonchev–Trinajstić information content (AvgIpc) is 3.25. The van der Waals surface area contributed by atoms with Crippen LogP contribution >= 0.6 is 15.9 Å². The first-order valence-corrected chi connectivity index (χ1v) is 9.60. The van der Waals surface area contributed by atoms with Gasteiger partial charge in [0.25, 0.3) is 0 Å². The number of furan rings is 2. The first kappa shape index (κ1) is 15.1. The molecule has 0 radical (unpaired) electrons. The van der Waals surface area contributed by atoms with Gasteiger partial charge in [-0.15, -0.1) is 0 Å². The summed E-state index contributed by atoms with van der Waals surface area (Å²) < 4.78 is 13.3. The maximum absolute atomic E-state index is 6.21. The highest BCUT2D eigenvalue weighted by Crippen LogP contribution is 2.39. The zero-order chi connectivity index (χ0) is 18.0. The molecule has 128 valence electrons. The van der Waals surface area contributed by atoms with Gasteiger partial charge in [0.1, 0.15) is 22.3 Å². The minimum atomic E-state index is 0.887. The van der Waals surface area contributed by atoms with Crippen molar-refractivity contribution in [1.29, 1.82) is 0 Å². The van der Waals surface area contributed by atoms with Crippen LogP contribution in [0.25, 0.3) is 55.0 Å². The van der Waals surface area contributed by atoms with Gasteiger partial charge < -0.3 is 8.83 Å². The van der Waals surface area contributed by atoms with Crippen molar-refractivity contribution in [3.8, 4) is 11.1 Å². The SMILES string of the molecule is Brc1cc(-c2ccc3c(c2)oc2ccccc23)c2oc3ccccc3c2c1. The summed E-state index contributed by atoms with van der Waals surface area (Å²) in [6.45, 7) is 0. The molecule has 6 aromatic rings. The lowest BCUT2D eigenvalue weighted by Gasteiger charge is -2.04. The van der Waals surface area contributed by atoms with Crippen LogP contribution in [-0.2, 0) is 0 Å². The van der Waals surface area contributed by atoms with Crippen LogP contribution in [-0.4, -0.2) is 0 Å². The lowest BCUT2D eigenvalue weighted by Crippen LogP contribution is -1.80. The molecule has 0 aliphatic carbocycles. The first-order chi connectivity index (χ1) is 13.3. The normalized spacial score (nSPS) is 11.9. The molecule has 3 heteroatoms. The second-order valence-corrected chi connectivity index (χ2v) is 7.65. The van der Waals surface area contributed by atoms with E-state index < -0.39 is 0 Å². The van der Waals surface area contributed by atoms with Gasteiger partial charge in [-0.1, -0.05) is 58.4 Å². The third-order valence-corrected chi connectivity index (χ3v) is 5.59. The number of para-hydroxylation sites is 2. The van der Waals surface area contributed by atoms with Crippen molar-refractivity contribution < 1.29 is 8.83 Å². The van der Waals surface area contributed by atoms with Crippen molar-refractivity contribution in [2.45, 2.75) is 0 Å². The molecule has 0 atom stereocenters. The molecule has 0 saturated carbocycles. The fraction of sp³-hybridized carbons (Fsp3) is 0. The first-order valence-electron chi connectivity index (χ1n) is 8.80. The van der Waals surface area contributed by atoms with E-state index in [1.807, 2.05) is 36.4 Å².